The maximum Gasteiger partial charge on any atom is 0.290 e. The van der Waals surface area contributed by atoms with Gasteiger partial charge in [0.2, 0.25) is 0 Å². The molecular formula is C24H23ClN4O3. The first-order valence-corrected chi connectivity index (χ1v) is 10.7. The van der Waals surface area contributed by atoms with Crippen molar-refractivity contribution in [2.45, 2.75) is 26.3 Å². The molecule has 0 unspecified atom stereocenters. The molecule has 0 amide bonds. The highest BCUT2D eigenvalue weighted by Crippen LogP contribution is 2.35. The number of hydrogen-bond acceptors (Lipinski definition) is 5. The molecule has 0 bridgehead atoms. The number of H-pyrrole nitrogens is 1. The van der Waals surface area contributed by atoms with E-state index in [9.17, 15) is 5.11 Å². The maximum absolute atomic E-state index is 9.87. The Morgan fingerprint density at radius 3 is 2.84 bits per heavy atom. The van der Waals surface area contributed by atoms with Crippen LogP contribution in [0.2, 0.25) is 5.02 Å². The number of carbonyl (C=O) groups is 1. The van der Waals surface area contributed by atoms with Crippen molar-refractivity contribution in [1.82, 2.24) is 15.2 Å². The first-order chi connectivity index (χ1) is 15.5. The quantitative estimate of drug-likeness (QED) is 0.387. The SMILES string of the molecule is CCc1cc(O)ccc1-c1cc2[nH]ncc2c(N2CCc3c(Cl)cccc3C2)n1.O=CO. The Hall–Kier alpha value is -3.58. The number of hydrogen-bond donors (Lipinski definition) is 3. The minimum Gasteiger partial charge on any atom is -0.508 e. The second kappa shape index (κ2) is 9.28. The maximum atomic E-state index is 9.87. The number of phenols is 1. The Balaban J connectivity index is 0.000000775. The van der Waals surface area contributed by atoms with Crippen LogP contribution in [0.5, 0.6) is 5.75 Å². The first kappa shape index (κ1) is 21.6. The highest BCUT2D eigenvalue weighted by atomic mass is 35.5. The summed E-state index contributed by atoms with van der Waals surface area (Å²) in [5.74, 6) is 1.20. The summed E-state index contributed by atoms with van der Waals surface area (Å²) in [6, 6.07) is 13.6. The van der Waals surface area contributed by atoms with Crippen LogP contribution in [-0.4, -0.2) is 38.4 Å². The van der Waals surface area contributed by atoms with Gasteiger partial charge in [-0.2, -0.15) is 5.10 Å². The fraction of sp³-hybridized carbons (Fsp3) is 0.208. The van der Waals surface area contributed by atoms with E-state index in [0.29, 0.717) is 0 Å². The number of rotatable bonds is 3. The zero-order chi connectivity index (χ0) is 22.7. The molecule has 8 heteroatoms. The van der Waals surface area contributed by atoms with Crippen molar-refractivity contribution in [3.63, 3.8) is 0 Å². The van der Waals surface area contributed by atoms with E-state index in [-0.39, 0.29) is 12.2 Å². The number of pyridine rings is 1. The number of aromatic amines is 1. The molecule has 0 spiro atoms. The zero-order valence-corrected chi connectivity index (χ0v) is 18.3. The normalized spacial score (nSPS) is 12.8. The molecular weight excluding hydrogens is 428 g/mol. The Kier molecular flexibility index (Phi) is 6.28. The smallest absolute Gasteiger partial charge is 0.290 e. The van der Waals surface area contributed by atoms with Gasteiger partial charge in [-0.05, 0) is 59.9 Å². The summed E-state index contributed by atoms with van der Waals surface area (Å²) in [5.41, 5.74) is 6.41. The van der Waals surface area contributed by atoms with Crippen LogP contribution in [0.1, 0.15) is 23.6 Å². The van der Waals surface area contributed by atoms with E-state index in [2.05, 4.69) is 28.1 Å². The molecule has 0 atom stereocenters. The molecule has 2 aromatic heterocycles. The van der Waals surface area contributed by atoms with E-state index in [1.807, 2.05) is 36.5 Å². The Morgan fingerprint density at radius 2 is 2.06 bits per heavy atom. The number of aromatic nitrogens is 3. The fourth-order valence-electron chi connectivity index (χ4n) is 4.17. The van der Waals surface area contributed by atoms with Gasteiger partial charge in [-0.15, -0.1) is 0 Å². The molecule has 1 aliphatic heterocycles. The molecule has 0 radical (unpaired) electrons. The molecule has 32 heavy (non-hydrogen) atoms. The van der Waals surface area contributed by atoms with Crippen LogP contribution in [0.3, 0.4) is 0 Å². The van der Waals surface area contributed by atoms with Crippen LogP contribution < -0.4 is 4.90 Å². The molecule has 164 valence electrons. The average molecular weight is 451 g/mol. The van der Waals surface area contributed by atoms with Crippen molar-refractivity contribution in [2.24, 2.45) is 0 Å². The number of aryl methyl sites for hydroxylation is 1. The third-order valence-corrected chi connectivity index (χ3v) is 6.03. The van der Waals surface area contributed by atoms with Crippen molar-refractivity contribution in [3.05, 3.63) is 70.4 Å². The molecule has 0 aliphatic carbocycles. The van der Waals surface area contributed by atoms with E-state index >= 15 is 0 Å². The lowest BCUT2D eigenvalue weighted by Crippen LogP contribution is -2.31. The van der Waals surface area contributed by atoms with Crippen LogP contribution in [0.15, 0.2) is 48.7 Å². The molecule has 2 aromatic carbocycles. The van der Waals surface area contributed by atoms with E-state index in [1.165, 1.54) is 11.1 Å². The van der Waals surface area contributed by atoms with Crippen LogP contribution in [-0.2, 0) is 24.2 Å². The van der Waals surface area contributed by atoms with Gasteiger partial charge in [0.25, 0.3) is 6.47 Å². The van der Waals surface area contributed by atoms with E-state index in [1.54, 1.807) is 6.07 Å². The lowest BCUT2D eigenvalue weighted by atomic mass is 9.99. The van der Waals surface area contributed by atoms with Crippen LogP contribution >= 0.6 is 11.6 Å². The van der Waals surface area contributed by atoms with Gasteiger partial charge in [0.05, 0.1) is 22.8 Å². The minimum atomic E-state index is -0.250. The van der Waals surface area contributed by atoms with Gasteiger partial charge in [-0.1, -0.05) is 30.7 Å². The molecule has 7 nitrogen and oxygen atoms in total. The summed E-state index contributed by atoms with van der Waals surface area (Å²) >= 11 is 6.40. The lowest BCUT2D eigenvalue weighted by Gasteiger charge is -2.31. The number of benzene rings is 2. The van der Waals surface area contributed by atoms with Gasteiger partial charge < -0.3 is 15.1 Å². The molecule has 1 aliphatic rings. The van der Waals surface area contributed by atoms with Gasteiger partial charge in [0.1, 0.15) is 11.6 Å². The summed E-state index contributed by atoms with van der Waals surface area (Å²) in [4.78, 5) is 15.7. The summed E-state index contributed by atoms with van der Waals surface area (Å²) in [6.07, 6.45) is 3.55. The summed E-state index contributed by atoms with van der Waals surface area (Å²) < 4.78 is 0. The summed E-state index contributed by atoms with van der Waals surface area (Å²) in [7, 11) is 0. The van der Waals surface area contributed by atoms with Crippen molar-refractivity contribution in [2.75, 3.05) is 11.4 Å². The average Bonchev–Trinajstić information content (AvgIpc) is 3.27. The minimum absolute atomic E-state index is 0.250. The van der Waals surface area contributed by atoms with Gasteiger partial charge in [-0.3, -0.25) is 9.89 Å². The monoisotopic (exact) mass is 450 g/mol. The molecule has 4 aromatic rings. The topological polar surface area (TPSA) is 102 Å². The molecule has 5 rings (SSSR count). The first-order valence-electron chi connectivity index (χ1n) is 10.3. The number of carboxylic acid groups (broad SMARTS) is 1. The third-order valence-electron chi connectivity index (χ3n) is 5.67. The highest BCUT2D eigenvalue weighted by Gasteiger charge is 2.22. The zero-order valence-electron chi connectivity index (χ0n) is 17.5. The van der Waals surface area contributed by atoms with Gasteiger partial charge in [0, 0.05) is 23.7 Å². The van der Waals surface area contributed by atoms with Crippen LogP contribution in [0.25, 0.3) is 22.2 Å². The van der Waals surface area contributed by atoms with Crippen LogP contribution in [0, 0.1) is 0 Å². The Bertz CT molecular complexity index is 1270. The van der Waals surface area contributed by atoms with Crippen molar-refractivity contribution in [1.29, 1.82) is 0 Å². The van der Waals surface area contributed by atoms with E-state index < -0.39 is 0 Å². The fourth-order valence-corrected chi connectivity index (χ4v) is 4.46. The number of aromatic hydroxyl groups is 1. The van der Waals surface area contributed by atoms with E-state index in [4.69, 9.17) is 26.5 Å². The van der Waals surface area contributed by atoms with Crippen molar-refractivity contribution in [3.8, 4) is 17.0 Å². The Labute approximate surface area is 190 Å². The predicted molar refractivity (Wildman–Crippen MR) is 125 cm³/mol. The molecule has 3 N–H and O–H groups in total. The molecule has 0 fully saturated rings. The second-order valence-corrected chi connectivity index (χ2v) is 7.92. The largest absolute Gasteiger partial charge is 0.508 e. The van der Waals surface area contributed by atoms with Gasteiger partial charge in [-0.25, -0.2) is 4.98 Å². The van der Waals surface area contributed by atoms with Crippen molar-refractivity contribution < 1.29 is 15.0 Å². The molecule has 0 saturated carbocycles. The molecule has 0 saturated heterocycles. The number of halogens is 1. The predicted octanol–water partition coefficient (Wildman–Crippen LogP) is 4.81. The van der Waals surface area contributed by atoms with Gasteiger partial charge in [0.15, 0.2) is 0 Å². The van der Waals surface area contributed by atoms with Crippen LogP contribution in [0.4, 0.5) is 5.82 Å². The highest BCUT2D eigenvalue weighted by molar-refractivity contribution is 6.31. The number of fused-ring (bicyclic) bond motifs is 2. The lowest BCUT2D eigenvalue weighted by molar-refractivity contribution is -0.122. The Morgan fingerprint density at radius 1 is 1.25 bits per heavy atom. The number of nitrogens with one attached hydrogen (secondary N) is 1. The van der Waals surface area contributed by atoms with Crippen molar-refractivity contribution >= 4 is 34.8 Å². The standard InChI is InChI=1S/C23H21ClN4O.CH2O2/c1-2-14-10-16(29)6-7-18(14)21-11-22-19(12-25-27-22)23(26-21)28-9-8-17-15(13-28)4-3-5-20(17)24;2-1-3/h3-7,10-12,29H,2,8-9,13H2,1H3,(H,25,27);1H,(H,2,3). The number of nitrogens with zero attached hydrogens (tertiary/aromatic N) is 3. The number of phenolic OH excluding ortho intramolecular Hbond substituents is 1. The summed E-state index contributed by atoms with van der Waals surface area (Å²) in [6.45, 7) is 3.45. The molecule has 3 heterocycles. The number of anilines is 1. The second-order valence-electron chi connectivity index (χ2n) is 7.51. The third kappa shape index (κ3) is 4.11. The summed E-state index contributed by atoms with van der Waals surface area (Å²) in [5, 5.41) is 26.0. The van der Waals surface area contributed by atoms with Gasteiger partial charge >= 0.3 is 0 Å². The van der Waals surface area contributed by atoms with E-state index in [0.717, 1.165) is 64.5 Å².